The van der Waals surface area contributed by atoms with Crippen LogP contribution in [0.2, 0.25) is 0 Å². The van der Waals surface area contributed by atoms with Crippen molar-refractivity contribution in [1.29, 1.82) is 0 Å². The summed E-state index contributed by atoms with van der Waals surface area (Å²) in [6.45, 7) is 4.78. The molecule has 2 rings (SSSR count). The van der Waals surface area contributed by atoms with Crippen molar-refractivity contribution < 1.29 is 9.21 Å². The minimum absolute atomic E-state index is 0.0316. The van der Waals surface area contributed by atoms with Crippen molar-refractivity contribution in [2.45, 2.75) is 19.1 Å². The zero-order valence-electron chi connectivity index (χ0n) is 11.8. The second-order valence-corrected chi connectivity index (χ2v) is 6.71. The molecule has 1 N–H and O–H groups in total. The fraction of sp³-hybridized carbons (Fsp3) is 0.357. The van der Waals surface area contributed by atoms with Crippen LogP contribution in [0.25, 0.3) is 11.5 Å². The Balaban J connectivity index is 1.90. The van der Waals surface area contributed by atoms with Gasteiger partial charge in [0.2, 0.25) is 11.8 Å². The highest BCUT2D eigenvalue weighted by Gasteiger charge is 2.11. The summed E-state index contributed by atoms with van der Waals surface area (Å²) in [7, 11) is 0. The molecule has 0 aliphatic rings. The molecule has 7 heteroatoms. The highest BCUT2D eigenvalue weighted by atomic mass is 79.9. The summed E-state index contributed by atoms with van der Waals surface area (Å²) < 4.78 is 6.49. The van der Waals surface area contributed by atoms with Crippen LogP contribution in [0.5, 0.6) is 0 Å². The van der Waals surface area contributed by atoms with Crippen LogP contribution in [-0.4, -0.2) is 28.4 Å². The van der Waals surface area contributed by atoms with E-state index in [2.05, 4.69) is 45.3 Å². The first-order valence-corrected chi connectivity index (χ1v) is 8.31. The van der Waals surface area contributed by atoms with Crippen LogP contribution in [0, 0.1) is 5.92 Å². The molecule has 0 aliphatic heterocycles. The van der Waals surface area contributed by atoms with Gasteiger partial charge in [-0.15, -0.1) is 10.2 Å². The number of nitrogens with one attached hydrogen (secondary N) is 1. The molecule has 1 aromatic heterocycles. The number of hydrogen-bond donors (Lipinski definition) is 1. The molecule has 0 saturated carbocycles. The molecule has 21 heavy (non-hydrogen) atoms. The number of aromatic nitrogens is 2. The van der Waals surface area contributed by atoms with Gasteiger partial charge >= 0.3 is 0 Å². The van der Waals surface area contributed by atoms with Crippen LogP contribution in [-0.2, 0) is 4.79 Å². The average Bonchev–Trinajstić information content (AvgIpc) is 2.92. The number of rotatable bonds is 6. The second-order valence-electron chi connectivity index (χ2n) is 4.87. The van der Waals surface area contributed by atoms with Crippen LogP contribution in [0.3, 0.4) is 0 Å². The number of hydrogen-bond acceptors (Lipinski definition) is 5. The minimum Gasteiger partial charge on any atom is -0.411 e. The maximum Gasteiger partial charge on any atom is 0.277 e. The van der Waals surface area contributed by atoms with Gasteiger partial charge in [0.05, 0.1) is 5.75 Å². The molecule has 112 valence electrons. The number of carbonyl (C=O) groups is 1. The fourth-order valence-corrected chi connectivity index (χ4v) is 2.49. The standard InChI is InChI=1S/C14H16BrN3O2S/c1-9(2)7-16-12(19)8-21-14-18-17-13(20-14)10-4-3-5-11(15)6-10/h3-6,9H,7-8H2,1-2H3,(H,16,19). The van der Waals surface area contributed by atoms with Gasteiger partial charge in [-0.3, -0.25) is 4.79 Å². The van der Waals surface area contributed by atoms with E-state index in [0.717, 1.165) is 10.0 Å². The molecule has 1 amide bonds. The third-order valence-electron chi connectivity index (χ3n) is 2.51. The topological polar surface area (TPSA) is 68.0 Å². The number of amides is 1. The van der Waals surface area contributed by atoms with Gasteiger partial charge in [-0.25, -0.2) is 0 Å². The Kier molecular flexibility index (Phi) is 5.81. The molecule has 0 fully saturated rings. The first-order valence-electron chi connectivity index (χ1n) is 6.53. The fourth-order valence-electron chi connectivity index (χ4n) is 1.50. The normalized spacial score (nSPS) is 10.9. The third kappa shape index (κ3) is 5.17. The van der Waals surface area contributed by atoms with Gasteiger partial charge in [0.25, 0.3) is 5.22 Å². The molecular formula is C14H16BrN3O2S. The summed E-state index contributed by atoms with van der Waals surface area (Å²) in [6.07, 6.45) is 0. The number of carbonyl (C=O) groups excluding carboxylic acids is 1. The van der Waals surface area contributed by atoms with Crippen LogP contribution in [0.4, 0.5) is 0 Å². The highest BCUT2D eigenvalue weighted by Crippen LogP contribution is 2.25. The van der Waals surface area contributed by atoms with E-state index < -0.39 is 0 Å². The summed E-state index contributed by atoms with van der Waals surface area (Å²) in [5.41, 5.74) is 0.841. The van der Waals surface area contributed by atoms with E-state index in [0.29, 0.717) is 23.6 Å². The summed E-state index contributed by atoms with van der Waals surface area (Å²) in [4.78, 5) is 11.6. The van der Waals surface area contributed by atoms with Crippen LogP contribution in [0.1, 0.15) is 13.8 Å². The molecular weight excluding hydrogens is 354 g/mol. The quantitative estimate of drug-likeness (QED) is 0.790. The van der Waals surface area contributed by atoms with Crippen molar-refractivity contribution in [2.24, 2.45) is 5.92 Å². The van der Waals surface area contributed by atoms with Crippen molar-refractivity contribution in [3.8, 4) is 11.5 Å². The van der Waals surface area contributed by atoms with Gasteiger partial charge in [-0.1, -0.05) is 47.6 Å². The average molecular weight is 370 g/mol. The SMILES string of the molecule is CC(C)CNC(=O)CSc1nnc(-c2cccc(Br)c2)o1. The zero-order valence-corrected chi connectivity index (χ0v) is 14.2. The smallest absolute Gasteiger partial charge is 0.277 e. The predicted octanol–water partition coefficient (Wildman–Crippen LogP) is 3.36. The van der Waals surface area contributed by atoms with Crippen LogP contribution >= 0.6 is 27.7 Å². The minimum atomic E-state index is -0.0316. The van der Waals surface area contributed by atoms with Gasteiger partial charge < -0.3 is 9.73 Å². The molecule has 0 aliphatic carbocycles. The Morgan fingerprint density at radius 3 is 2.95 bits per heavy atom. The molecule has 0 spiro atoms. The molecule has 0 unspecified atom stereocenters. The van der Waals surface area contributed by atoms with Crippen molar-refractivity contribution in [2.75, 3.05) is 12.3 Å². The van der Waals surface area contributed by atoms with E-state index in [9.17, 15) is 4.79 Å². The lowest BCUT2D eigenvalue weighted by molar-refractivity contribution is -0.118. The predicted molar refractivity (Wildman–Crippen MR) is 86.0 cm³/mol. The molecule has 2 aromatic rings. The van der Waals surface area contributed by atoms with Crippen molar-refractivity contribution in [3.05, 3.63) is 28.7 Å². The molecule has 1 heterocycles. The van der Waals surface area contributed by atoms with Crippen molar-refractivity contribution in [3.63, 3.8) is 0 Å². The molecule has 0 atom stereocenters. The lowest BCUT2D eigenvalue weighted by Gasteiger charge is -2.05. The second kappa shape index (κ2) is 7.61. The van der Waals surface area contributed by atoms with Crippen LogP contribution in [0.15, 0.2) is 38.4 Å². The summed E-state index contributed by atoms with van der Waals surface area (Å²) in [5.74, 6) is 1.12. The lowest BCUT2D eigenvalue weighted by atomic mass is 10.2. The van der Waals surface area contributed by atoms with Gasteiger partial charge in [-0.2, -0.15) is 0 Å². The Bertz CT molecular complexity index is 616. The third-order valence-corrected chi connectivity index (χ3v) is 3.82. The molecule has 0 bridgehead atoms. The largest absolute Gasteiger partial charge is 0.411 e. The van der Waals surface area contributed by atoms with Gasteiger partial charge in [0, 0.05) is 16.6 Å². The number of benzene rings is 1. The van der Waals surface area contributed by atoms with E-state index >= 15 is 0 Å². The maximum absolute atomic E-state index is 11.6. The van der Waals surface area contributed by atoms with Crippen molar-refractivity contribution in [1.82, 2.24) is 15.5 Å². The number of halogens is 1. The Morgan fingerprint density at radius 2 is 2.24 bits per heavy atom. The summed E-state index contributed by atoms with van der Waals surface area (Å²) in [5, 5.41) is 11.2. The van der Waals surface area contributed by atoms with E-state index in [1.807, 2.05) is 24.3 Å². The highest BCUT2D eigenvalue weighted by molar-refractivity contribution is 9.10. The van der Waals surface area contributed by atoms with Gasteiger partial charge in [-0.05, 0) is 24.1 Å². The van der Waals surface area contributed by atoms with Crippen LogP contribution < -0.4 is 5.32 Å². The molecule has 0 saturated heterocycles. The monoisotopic (exact) mass is 369 g/mol. The molecule has 5 nitrogen and oxygen atoms in total. The van der Waals surface area contributed by atoms with Gasteiger partial charge in [0.15, 0.2) is 0 Å². The Labute approximate surface area is 136 Å². The Hall–Kier alpha value is -1.34. The van der Waals surface area contributed by atoms with E-state index in [1.54, 1.807) is 0 Å². The summed E-state index contributed by atoms with van der Waals surface area (Å²) >= 11 is 4.63. The zero-order chi connectivity index (χ0) is 15.2. The van der Waals surface area contributed by atoms with E-state index in [-0.39, 0.29) is 11.7 Å². The number of nitrogens with zero attached hydrogens (tertiary/aromatic N) is 2. The summed E-state index contributed by atoms with van der Waals surface area (Å²) in [6, 6.07) is 7.61. The first-order chi connectivity index (χ1) is 10.0. The molecule has 0 radical (unpaired) electrons. The maximum atomic E-state index is 11.6. The number of thioether (sulfide) groups is 1. The van der Waals surface area contributed by atoms with E-state index in [4.69, 9.17) is 4.42 Å². The molecule has 1 aromatic carbocycles. The first kappa shape index (κ1) is 16.0. The van der Waals surface area contributed by atoms with Crippen molar-refractivity contribution >= 4 is 33.6 Å². The lowest BCUT2D eigenvalue weighted by Crippen LogP contribution is -2.28. The Morgan fingerprint density at radius 1 is 1.43 bits per heavy atom. The van der Waals surface area contributed by atoms with Gasteiger partial charge in [0.1, 0.15) is 0 Å². The van der Waals surface area contributed by atoms with E-state index in [1.165, 1.54) is 11.8 Å².